The van der Waals surface area contributed by atoms with E-state index in [1.807, 2.05) is 30.3 Å². The number of rotatable bonds is 4. The lowest BCUT2D eigenvalue weighted by Gasteiger charge is -2.05. The first-order valence-corrected chi connectivity index (χ1v) is 5.83. The number of anilines is 1. The van der Waals surface area contributed by atoms with Crippen molar-refractivity contribution in [3.05, 3.63) is 69.8 Å². The summed E-state index contributed by atoms with van der Waals surface area (Å²) in [5, 5.41) is 10.7. The highest BCUT2D eigenvalue weighted by Gasteiger charge is 2.16. The molecule has 0 fully saturated rings. The summed E-state index contributed by atoms with van der Waals surface area (Å²) in [6.45, 7) is 0.109. The van der Waals surface area contributed by atoms with Crippen LogP contribution in [0.5, 0.6) is 0 Å². The molecule has 0 aliphatic rings. The van der Waals surface area contributed by atoms with Gasteiger partial charge in [0.1, 0.15) is 12.3 Å². The van der Waals surface area contributed by atoms with Crippen LogP contribution in [0.4, 0.5) is 11.4 Å². The number of esters is 1. The number of hydrogen-bond donors (Lipinski definition) is 1. The first kappa shape index (κ1) is 13.5. The minimum atomic E-state index is -0.636. The van der Waals surface area contributed by atoms with E-state index in [0.29, 0.717) is 0 Å². The van der Waals surface area contributed by atoms with Gasteiger partial charge in [0, 0.05) is 6.07 Å². The smallest absolute Gasteiger partial charge is 0.338 e. The van der Waals surface area contributed by atoms with Crippen molar-refractivity contribution in [2.75, 3.05) is 5.73 Å². The second-order valence-corrected chi connectivity index (χ2v) is 4.09. The number of hydrogen-bond acceptors (Lipinski definition) is 5. The van der Waals surface area contributed by atoms with Crippen LogP contribution in [0.25, 0.3) is 0 Å². The third kappa shape index (κ3) is 3.11. The van der Waals surface area contributed by atoms with Gasteiger partial charge in [0.05, 0.1) is 10.5 Å². The molecule has 2 N–H and O–H groups in total. The van der Waals surface area contributed by atoms with E-state index in [1.54, 1.807) is 0 Å². The molecule has 0 amide bonds. The maximum Gasteiger partial charge on any atom is 0.338 e. The average Bonchev–Trinajstić information content (AvgIpc) is 2.46. The van der Waals surface area contributed by atoms with Gasteiger partial charge in [-0.25, -0.2) is 4.79 Å². The fourth-order valence-corrected chi connectivity index (χ4v) is 1.64. The summed E-state index contributed by atoms with van der Waals surface area (Å²) in [7, 11) is 0. The molecule has 0 aromatic heterocycles. The predicted octanol–water partition coefficient (Wildman–Crippen LogP) is 2.53. The van der Waals surface area contributed by atoms with Crippen molar-refractivity contribution < 1.29 is 14.5 Å². The molecule has 0 spiro atoms. The van der Waals surface area contributed by atoms with Gasteiger partial charge in [-0.05, 0) is 17.7 Å². The van der Waals surface area contributed by atoms with Crippen molar-refractivity contribution in [3.63, 3.8) is 0 Å². The minimum Gasteiger partial charge on any atom is -0.457 e. The molecule has 6 nitrogen and oxygen atoms in total. The quantitative estimate of drug-likeness (QED) is 0.399. The summed E-state index contributed by atoms with van der Waals surface area (Å²) in [5.41, 5.74) is 6.10. The van der Waals surface area contributed by atoms with E-state index in [9.17, 15) is 14.9 Å². The Bertz CT molecular complexity index is 641. The number of carbonyl (C=O) groups excluding carboxylic acids is 1. The van der Waals surface area contributed by atoms with E-state index in [2.05, 4.69) is 0 Å². The van der Waals surface area contributed by atoms with E-state index in [-0.39, 0.29) is 23.5 Å². The Balaban J connectivity index is 2.10. The Labute approximate surface area is 114 Å². The Morgan fingerprint density at radius 2 is 1.90 bits per heavy atom. The molecule has 102 valence electrons. The summed E-state index contributed by atoms with van der Waals surface area (Å²) in [6, 6.07) is 13.0. The molecule has 0 unspecified atom stereocenters. The molecular weight excluding hydrogens is 260 g/mol. The van der Waals surface area contributed by atoms with E-state index in [1.165, 1.54) is 12.1 Å². The molecule has 0 heterocycles. The molecule has 6 heteroatoms. The number of nitrogens with zero attached hydrogens (tertiary/aromatic N) is 1. The van der Waals surface area contributed by atoms with E-state index in [0.717, 1.165) is 11.6 Å². The first-order chi connectivity index (χ1) is 9.58. The van der Waals surface area contributed by atoms with Crippen LogP contribution in [-0.4, -0.2) is 10.9 Å². The maximum absolute atomic E-state index is 11.8. The van der Waals surface area contributed by atoms with Gasteiger partial charge in [-0.1, -0.05) is 30.3 Å². The second-order valence-electron chi connectivity index (χ2n) is 4.09. The van der Waals surface area contributed by atoms with Gasteiger partial charge < -0.3 is 10.5 Å². The number of nitro benzene ring substituents is 1. The molecule has 20 heavy (non-hydrogen) atoms. The van der Waals surface area contributed by atoms with Crippen LogP contribution in [-0.2, 0) is 11.3 Å². The summed E-state index contributed by atoms with van der Waals surface area (Å²) in [4.78, 5) is 21.9. The standard InChI is InChI=1S/C14H12N2O4/c15-12-7-6-11(8-13(12)16(18)19)14(17)20-9-10-4-2-1-3-5-10/h1-8H,9,15H2. The summed E-state index contributed by atoms with van der Waals surface area (Å²) < 4.78 is 5.09. The molecule has 2 rings (SSSR count). The fourth-order valence-electron chi connectivity index (χ4n) is 1.64. The van der Waals surface area contributed by atoms with Crippen LogP contribution in [0.15, 0.2) is 48.5 Å². The number of nitrogens with two attached hydrogens (primary N) is 1. The molecule has 0 bridgehead atoms. The fraction of sp³-hybridized carbons (Fsp3) is 0.0714. The maximum atomic E-state index is 11.8. The second kappa shape index (κ2) is 5.83. The van der Waals surface area contributed by atoms with Gasteiger partial charge in [-0.2, -0.15) is 0 Å². The van der Waals surface area contributed by atoms with Crippen LogP contribution in [0.3, 0.4) is 0 Å². The van der Waals surface area contributed by atoms with E-state index >= 15 is 0 Å². The van der Waals surface area contributed by atoms with Crippen LogP contribution < -0.4 is 5.73 Å². The van der Waals surface area contributed by atoms with Crippen molar-refractivity contribution in [1.29, 1.82) is 0 Å². The molecule has 0 radical (unpaired) electrons. The lowest BCUT2D eigenvalue weighted by Crippen LogP contribution is -2.06. The van der Waals surface area contributed by atoms with Gasteiger partial charge in [0.2, 0.25) is 0 Å². The van der Waals surface area contributed by atoms with Crippen LogP contribution in [0, 0.1) is 10.1 Å². The van der Waals surface area contributed by atoms with E-state index in [4.69, 9.17) is 10.5 Å². The van der Waals surface area contributed by atoms with Gasteiger partial charge in [-0.3, -0.25) is 10.1 Å². The molecule has 0 saturated heterocycles. The highest BCUT2D eigenvalue weighted by molar-refractivity contribution is 5.91. The van der Waals surface area contributed by atoms with Crippen molar-refractivity contribution >= 4 is 17.3 Å². The van der Waals surface area contributed by atoms with Gasteiger partial charge in [0.15, 0.2) is 0 Å². The van der Waals surface area contributed by atoms with Gasteiger partial charge >= 0.3 is 5.97 Å². The number of carbonyl (C=O) groups is 1. The van der Waals surface area contributed by atoms with E-state index < -0.39 is 10.9 Å². The zero-order valence-corrected chi connectivity index (χ0v) is 10.5. The third-order valence-electron chi connectivity index (χ3n) is 2.68. The number of nitrogen functional groups attached to an aromatic ring is 1. The summed E-state index contributed by atoms with van der Waals surface area (Å²) in [6.07, 6.45) is 0. The Morgan fingerprint density at radius 1 is 1.20 bits per heavy atom. The monoisotopic (exact) mass is 272 g/mol. The predicted molar refractivity (Wildman–Crippen MR) is 73.1 cm³/mol. The number of nitro groups is 1. The first-order valence-electron chi connectivity index (χ1n) is 5.83. The van der Waals surface area contributed by atoms with Crippen molar-refractivity contribution in [3.8, 4) is 0 Å². The SMILES string of the molecule is Nc1ccc(C(=O)OCc2ccccc2)cc1[N+](=O)[O-]. The zero-order valence-electron chi connectivity index (χ0n) is 10.5. The van der Waals surface area contributed by atoms with Gasteiger partial charge in [-0.15, -0.1) is 0 Å². The molecule has 2 aromatic rings. The Morgan fingerprint density at radius 3 is 2.55 bits per heavy atom. The number of benzene rings is 2. The number of ether oxygens (including phenoxy) is 1. The highest BCUT2D eigenvalue weighted by atomic mass is 16.6. The molecule has 2 aromatic carbocycles. The topological polar surface area (TPSA) is 95.5 Å². The third-order valence-corrected chi connectivity index (χ3v) is 2.68. The molecule has 0 aliphatic heterocycles. The van der Waals surface area contributed by atoms with Crippen LogP contribution in [0.1, 0.15) is 15.9 Å². The molecule has 0 aliphatic carbocycles. The summed E-state index contributed by atoms with van der Waals surface area (Å²) >= 11 is 0. The lowest BCUT2D eigenvalue weighted by atomic mass is 10.2. The van der Waals surface area contributed by atoms with Crippen molar-refractivity contribution in [1.82, 2.24) is 0 Å². The molecule has 0 atom stereocenters. The molecule has 0 saturated carbocycles. The minimum absolute atomic E-state index is 0.00890. The van der Waals surface area contributed by atoms with Crippen LogP contribution in [0.2, 0.25) is 0 Å². The Kier molecular flexibility index (Phi) is 3.95. The zero-order chi connectivity index (χ0) is 14.5. The Hall–Kier alpha value is -2.89. The van der Waals surface area contributed by atoms with Gasteiger partial charge in [0.25, 0.3) is 5.69 Å². The largest absolute Gasteiger partial charge is 0.457 e. The van der Waals surface area contributed by atoms with Crippen molar-refractivity contribution in [2.45, 2.75) is 6.61 Å². The van der Waals surface area contributed by atoms with Crippen LogP contribution >= 0.6 is 0 Å². The normalized spacial score (nSPS) is 10.0. The highest BCUT2D eigenvalue weighted by Crippen LogP contribution is 2.22. The average molecular weight is 272 g/mol. The summed E-state index contributed by atoms with van der Waals surface area (Å²) in [5.74, 6) is -0.628. The lowest BCUT2D eigenvalue weighted by molar-refractivity contribution is -0.383. The molecular formula is C14H12N2O4. The van der Waals surface area contributed by atoms with Crippen molar-refractivity contribution in [2.24, 2.45) is 0 Å².